The number of carbonyl (C=O) groups excluding carboxylic acids is 2. The molecule has 8 nitrogen and oxygen atoms in total. The summed E-state index contributed by atoms with van der Waals surface area (Å²) in [5.74, 6) is -1.02. The number of benzene rings is 2. The van der Waals surface area contributed by atoms with Crippen LogP contribution in [0, 0.1) is 10.1 Å². The zero-order valence-electron chi connectivity index (χ0n) is 14.8. The average Bonchev–Trinajstić information content (AvgIpc) is 3.15. The number of aromatic nitrogens is 1. The number of rotatable bonds is 6. The molecule has 0 fully saturated rings. The summed E-state index contributed by atoms with van der Waals surface area (Å²) in [5.41, 5.74) is 0.665. The summed E-state index contributed by atoms with van der Waals surface area (Å²) in [4.78, 5) is 40.4. The van der Waals surface area contributed by atoms with Crippen LogP contribution in [0.4, 0.5) is 16.5 Å². The van der Waals surface area contributed by atoms with Gasteiger partial charge in [0.1, 0.15) is 12.2 Å². The van der Waals surface area contributed by atoms with Crippen LogP contribution in [-0.2, 0) is 16.1 Å². The lowest BCUT2D eigenvalue weighted by molar-refractivity contribution is -0.385. The fraction of sp³-hybridized carbons (Fsp3) is 0.105. The first-order chi connectivity index (χ1) is 13.5. The molecule has 0 aliphatic carbocycles. The van der Waals surface area contributed by atoms with Crippen molar-refractivity contribution in [1.82, 2.24) is 4.98 Å². The molecule has 1 amide bonds. The van der Waals surface area contributed by atoms with Crippen LogP contribution in [0.1, 0.15) is 23.0 Å². The fourth-order valence-electron chi connectivity index (χ4n) is 2.49. The highest BCUT2D eigenvalue weighted by atomic mass is 32.1. The van der Waals surface area contributed by atoms with Crippen molar-refractivity contribution in [1.29, 1.82) is 0 Å². The van der Waals surface area contributed by atoms with Crippen LogP contribution in [0.15, 0.2) is 60.0 Å². The lowest BCUT2D eigenvalue weighted by atomic mass is 10.2. The zero-order chi connectivity index (χ0) is 20.1. The van der Waals surface area contributed by atoms with Gasteiger partial charge in [-0.3, -0.25) is 19.8 Å². The van der Waals surface area contributed by atoms with E-state index in [4.69, 9.17) is 4.74 Å². The van der Waals surface area contributed by atoms with Gasteiger partial charge in [0.25, 0.3) is 5.69 Å². The first-order valence-corrected chi connectivity index (χ1v) is 9.06. The SMILES string of the molecule is CC(=O)N(c1ccccc1)c1nc(COC(=O)c2ccccc2[N+](=O)[O-])cs1. The van der Waals surface area contributed by atoms with Gasteiger partial charge in [-0.15, -0.1) is 11.3 Å². The Morgan fingerprint density at radius 1 is 1.14 bits per heavy atom. The van der Waals surface area contributed by atoms with E-state index in [0.717, 1.165) is 0 Å². The van der Waals surface area contributed by atoms with Crippen molar-refractivity contribution in [2.75, 3.05) is 4.90 Å². The average molecular weight is 397 g/mol. The van der Waals surface area contributed by atoms with E-state index in [1.165, 1.54) is 47.4 Å². The number of amides is 1. The molecule has 1 aromatic heterocycles. The Morgan fingerprint density at radius 3 is 2.50 bits per heavy atom. The highest BCUT2D eigenvalue weighted by Gasteiger charge is 2.22. The molecule has 9 heteroatoms. The molecule has 2 aromatic carbocycles. The summed E-state index contributed by atoms with van der Waals surface area (Å²) in [7, 11) is 0. The van der Waals surface area contributed by atoms with Crippen LogP contribution >= 0.6 is 11.3 Å². The van der Waals surface area contributed by atoms with Crippen LogP contribution in [-0.4, -0.2) is 21.8 Å². The first-order valence-electron chi connectivity index (χ1n) is 8.18. The minimum atomic E-state index is -0.812. The molecular formula is C19H15N3O5S. The third-order valence-electron chi connectivity index (χ3n) is 3.73. The van der Waals surface area contributed by atoms with Crippen molar-refractivity contribution < 1.29 is 19.2 Å². The molecule has 0 unspecified atom stereocenters. The minimum Gasteiger partial charge on any atom is -0.455 e. The number of ether oxygens (including phenoxy) is 1. The van der Waals surface area contributed by atoms with E-state index in [0.29, 0.717) is 16.5 Å². The maximum Gasteiger partial charge on any atom is 0.345 e. The Balaban J connectivity index is 1.74. The molecule has 3 aromatic rings. The Kier molecular flexibility index (Phi) is 5.75. The monoisotopic (exact) mass is 397 g/mol. The molecule has 0 saturated heterocycles. The molecule has 0 spiro atoms. The summed E-state index contributed by atoms with van der Waals surface area (Å²) in [6.45, 7) is 1.27. The quantitative estimate of drug-likeness (QED) is 0.353. The summed E-state index contributed by atoms with van der Waals surface area (Å²) < 4.78 is 5.16. The standard InChI is InChI=1S/C19H15N3O5S/c1-13(23)21(15-7-3-2-4-8-15)19-20-14(12-28-19)11-27-18(24)16-9-5-6-10-17(16)22(25)26/h2-10,12H,11H2,1H3. The number of carbonyl (C=O) groups is 2. The number of esters is 1. The van der Waals surface area contributed by atoms with Gasteiger partial charge in [-0.2, -0.15) is 0 Å². The smallest absolute Gasteiger partial charge is 0.345 e. The largest absolute Gasteiger partial charge is 0.455 e. The topological polar surface area (TPSA) is 103 Å². The molecule has 0 N–H and O–H groups in total. The van der Waals surface area contributed by atoms with Crippen molar-refractivity contribution in [3.8, 4) is 0 Å². The second-order valence-electron chi connectivity index (χ2n) is 5.66. The molecule has 3 rings (SSSR count). The third kappa shape index (κ3) is 4.21. The van der Waals surface area contributed by atoms with Gasteiger partial charge in [0.2, 0.25) is 5.91 Å². The highest BCUT2D eigenvalue weighted by Crippen LogP contribution is 2.29. The Hall–Kier alpha value is -3.59. The van der Waals surface area contributed by atoms with Gasteiger partial charge >= 0.3 is 5.97 Å². The minimum absolute atomic E-state index is 0.127. The number of para-hydroxylation sites is 2. The summed E-state index contributed by atoms with van der Waals surface area (Å²) >= 11 is 1.23. The molecule has 0 radical (unpaired) electrons. The van der Waals surface area contributed by atoms with Crippen molar-refractivity contribution in [2.24, 2.45) is 0 Å². The first kappa shape index (κ1) is 19.2. The van der Waals surface area contributed by atoms with E-state index in [1.807, 2.05) is 18.2 Å². The number of anilines is 2. The molecular weight excluding hydrogens is 382 g/mol. The second kappa shape index (κ2) is 8.40. The number of nitro benzene ring substituents is 1. The van der Waals surface area contributed by atoms with Gasteiger partial charge in [0, 0.05) is 18.4 Å². The number of hydrogen-bond acceptors (Lipinski definition) is 7. The van der Waals surface area contributed by atoms with Crippen molar-refractivity contribution >= 4 is 39.7 Å². The molecule has 0 saturated carbocycles. The Labute approximate surface area is 164 Å². The molecule has 0 atom stereocenters. The van der Waals surface area contributed by atoms with Gasteiger partial charge < -0.3 is 4.74 Å². The van der Waals surface area contributed by atoms with Gasteiger partial charge in [-0.25, -0.2) is 9.78 Å². The molecule has 0 aliphatic rings. The molecule has 142 valence electrons. The molecule has 0 bridgehead atoms. The lowest BCUT2D eigenvalue weighted by Gasteiger charge is -2.17. The molecule has 28 heavy (non-hydrogen) atoms. The van der Waals surface area contributed by atoms with E-state index < -0.39 is 10.9 Å². The highest BCUT2D eigenvalue weighted by molar-refractivity contribution is 7.14. The van der Waals surface area contributed by atoms with E-state index >= 15 is 0 Å². The fourth-order valence-corrected chi connectivity index (χ4v) is 3.36. The van der Waals surface area contributed by atoms with E-state index in [2.05, 4.69) is 4.98 Å². The normalized spacial score (nSPS) is 10.3. The van der Waals surface area contributed by atoms with E-state index in [9.17, 15) is 19.7 Å². The maximum absolute atomic E-state index is 12.2. The van der Waals surface area contributed by atoms with Crippen LogP contribution in [0.25, 0.3) is 0 Å². The lowest BCUT2D eigenvalue weighted by Crippen LogP contribution is -2.22. The Morgan fingerprint density at radius 2 is 1.82 bits per heavy atom. The van der Waals surface area contributed by atoms with Gasteiger partial charge in [-0.1, -0.05) is 30.3 Å². The van der Waals surface area contributed by atoms with Crippen LogP contribution in [0.5, 0.6) is 0 Å². The predicted molar refractivity (Wildman–Crippen MR) is 104 cm³/mol. The van der Waals surface area contributed by atoms with Crippen molar-refractivity contribution in [3.05, 3.63) is 81.3 Å². The van der Waals surface area contributed by atoms with E-state index in [-0.39, 0.29) is 23.8 Å². The second-order valence-corrected chi connectivity index (χ2v) is 6.50. The summed E-state index contributed by atoms with van der Waals surface area (Å²) in [6, 6.07) is 14.6. The summed E-state index contributed by atoms with van der Waals surface area (Å²) in [6.07, 6.45) is 0. The zero-order valence-corrected chi connectivity index (χ0v) is 15.6. The van der Waals surface area contributed by atoms with Gasteiger partial charge in [0.15, 0.2) is 5.13 Å². The summed E-state index contributed by atoms with van der Waals surface area (Å²) in [5, 5.41) is 13.1. The predicted octanol–water partition coefficient (Wildman–Crippen LogP) is 4.09. The molecule has 0 aliphatic heterocycles. The number of thiazole rings is 1. The van der Waals surface area contributed by atoms with Crippen LogP contribution < -0.4 is 4.90 Å². The van der Waals surface area contributed by atoms with Crippen LogP contribution in [0.2, 0.25) is 0 Å². The number of nitrogens with zero attached hydrogens (tertiary/aromatic N) is 3. The number of nitro groups is 1. The molecule has 1 heterocycles. The van der Waals surface area contributed by atoms with E-state index in [1.54, 1.807) is 17.5 Å². The van der Waals surface area contributed by atoms with Crippen LogP contribution in [0.3, 0.4) is 0 Å². The van der Waals surface area contributed by atoms with Gasteiger partial charge in [0.05, 0.1) is 16.3 Å². The third-order valence-corrected chi connectivity index (χ3v) is 4.61. The van der Waals surface area contributed by atoms with Gasteiger partial charge in [-0.05, 0) is 18.2 Å². The van der Waals surface area contributed by atoms with Crippen molar-refractivity contribution in [2.45, 2.75) is 13.5 Å². The van der Waals surface area contributed by atoms with Crippen molar-refractivity contribution in [3.63, 3.8) is 0 Å². The Bertz CT molecular complexity index is 1020. The maximum atomic E-state index is 12.2. The number of hydrogen-bond donors (Lipinski definition) is 0.